The molecule has 0 radical (unpaired) electrons. The smallest absolute Gasteiger partial charge is 0.337 e. The third-order valence-corrected chi connectivity index (χ3v) is 8.85. The van der Waals surface area contributed by atoms with Crippen LogP contribution in [0.2, 0.25) is 0 Å². The number of nitrogens with one attached hydrogen (secondary N) is 3. The van der Waals surface area contributed by atoms with Gasteiger partial charge in [0.25, 0.3) is 0 Å². The minimum atomic E-state index is -0.366. The number of fused-ring (bicyclic) bond motifs is 9. The number of hydrogen-bond donors (Lipinski definition) is 3. The van der Waals surface area contributed by atoms with Crippen molar-refractivity contribution in [3.8, 4) is 33.4 Å². The van der Waals surface area contributed by atoms with Gasteiger partial charge in [0.05, 0.1) is 29.6 Å². The summed E-state index contributed by atoms with van der Waals surface area (Å²) in [5, 5.41) is 0. The first kappa shape index (κ1) is 28.3. The van der Waals surface area contributed by atoms with Crippen molar-refractivity contribution in [2.75, 3.05) is 7.11 Å². The predicted octanol–water partition coefficient (Wildman–Crippen LogP) is 10.1. The standard InChI is InChI=1S/C41H32N4O2/c1-24-4-8-26(9-5-24)38-32-18-16-30(42-32)31-17-19-33(43-31)39(27-10-6-25(2)7-11-27)35-21-23-37(45-35)40(36-22-20-34(38)44-36)28-12-14-29(15-13-28)41(46)47-3/h4-23,42,44-45H,1-3H3. The number of ether oxygens (including phenoxy) is 1. The van der Waals surface area contributed by atoms with Gasteiger partial charge in [-0.05, 0) is 91.2 Å². The average Bonchev–Trinajstić information content (AvgIpc) is 3.92. The maximum Gasteiger partial charge on any atom is 0.337 e. The highest BCUT2D eigenvalue weighted by atomic mass is 16.5. The van der Waals surface area contributed by atoms with Crippen LogP contribution in [0.1, 0.15) is 32.9 Å². The van der Waals surface area contributed by atoms with Gasteiger partial charge >= 0.3 is 5.97 Å². The van der Waals surface area contributed by atoms with Crippen molar-refractivity contribution in [2.45, 2.75) is 13.8 Å². The van der Waals surface area contributed by atoms with Crippen LogP contribution in [0.3, 0.4) is 0 Å². The molecule has 0 fully saturated rings. The third-order valence-electron chi connectivity index (χ3n) is 8.85. The molecular weight excluding hydrogens is 580 g/mol. The van der Waals surface area contributed by atoms with Crippen molar-refractivity contribution >= 4 is 51.2 Å². The van der Waals surface area contributed by atoms with Crippen LogP contribution in [0.15, 0.2) is 109 Å². The summed E-state index contributed by atoms with van der Waals surface area (Å²) in [6.45, 7) is 4.20. The molecule has 4 aromatic heterocycles. The molecule has 0 spiro atoms. The summed E-state index contributed by atoms with van der Waals surface area (Å²) in [5.74, 6) is -0.366. The van der Waals surface area contributed by atoms with Crippen molar-refractivity contribution in [1.29, 1.82) is 0 Å². The SMILES string of the molecule is COC(=O)c1ccc(-c2c3ccc([nH]3)c(-c3ccc(C)cc3)c3nc(c4ccc([nH]4)c(-c4ccc(C)cc4)c4ccc2[nH]4)C=C3)cc1. The Morgan fingerprint density at radius 2 is 0.872 bits per heavy atom. The van der Waals surface area contributed by atoms with E-state index in [1.165, 1.54) is 18.2 Å². The number of carbonyl (C=O) groups excluding carboxylic acids is 1. The first-order valence-corrected chi connectivity index (χ1v) is 15.6. The van der Waals surface area contributed by atoms with Gasteiger partial charge in [0.2, 0.25) is 0 Å². The molecule has 0 saturated carbocycles. The fourth-order valence-electron chi connectivity index (χ4n) is 6.40. The second kappa shape index (κ2) is 11.3. The highest BCUT2D eigenvalue weighted by Crippen LogP contribution is 2.36. The van der Waals surface area contributed by atoms with Crippen LogP contribution in [0.25, 0.3) is 78.6 Å². The van der Waals surface area contributed by atoms with Gasteiger partial charge in [0.15, 0.2) is 0 Å². The average molecular weight is 613 g/mol. The van der Waals surface area contributed by atoms with Gasteiger partial charge in [-0.1, -0.05) is 71.8 Å². The van der Waals surface area contributed by atoms with Gasteiger partial charge in [-0.3, -0.25) is 0 Å². The van der Waals surface area contributed by atoms with E-state index in [9.17, 15) is 4.79 Å². The van der Waals surface area contributed by atoms with Crippen LogP contribution < -0.4 is 0 Å². The number of rotatable bonds is 4. The number of hydrogen-bond acceptors (Lipinski definition) is 3. The molecule has 6 heteroatoms. The maximum absolute atomic E-state index is 12.3. The molecule has 8 rings (SSSR count). The lowest BCUT2D eigenvalue weighted by atomic mass is 10.0. The van der Waals surface area contributed by atoms with Gasteiger partial charge in [0.1, 0.15) is 0 Å². The Kier molecular flexibility index (Phi) is 6.84. The number of aromatic amines is 3. The molecule has 1 aliphatic heterocycles. The maximum atomic E-state index is 12.3. The number of carbonyl (C=O) groups is 1. The van der Waals surface area contributed by atoms with E-state index in [2.05, 4.69) is 126 Å². The van der Waals surface area contributed by atoms with Gasteiger partial charge < -0.3 is 19.7 Å². The third kappa shape index (κ3) is 5.10. The number of aromatic nitrogens is 4. The van der Waals surface area contributed by atoms with Crippen LogP contribution in [-0.4, -0.2) is 33.0 Å². The minimum absolute atomic E-state index is 0.366. The van der Waals surface area contributed by atoms with Crippen molar-refractivity contribution in [2.24, 2.45) is 0 Å². The fraction of sp³-hybridized carbons (Fsp3) is 0.0732. The summed E-state index contributed by atoms with van der Waals surface area (Å²) in [6, 6.07) is 37.4. The summed E-state index contributed by atoms with van der Waals surface area (Å²) in [5.41, 5.74) is 16.6. The highest BCUT2D eigenvalue weighted by Gasteiger charge is 2.15. The highest BCUT2D eigenvalue weighted by molar-refractivity contribution is 6.01. The van der Waals surface area contributed by atoms with Crippen LogP contribution in [0, 0.1) is 13.8 Å². The van der Waals surface area contributed by atoms with Crippen LogP contribution in [0.4, 0.5) is 0 Å². The van der Waals surface area contributed by atoms with Crippen LogP contribution in [-0.2, 0) is 4.74 Å². The first-order valence-electron chi connectivity index (χ1n) is 15.6. The van der Waals surface area contributed by atoms with E-state index in [1.54, 1.807) is 12.1 Å². The van der Waals surface area contributed by atoms with Gasteiger partial charge in [0, 0.05) is 44.3 Å². The molecule has 8 bridgehead atoms. The molecule has 1 aliphatic rings. The Morgan fingerprint density at radius 3 is 1.36 bits per heavy atom. The monoisotopic (exact) mass is 612 g/mol. The molecule has 3 aromatic carbocycles. The molecule has 228 valence electrons. The van der Waals surface area contributed by atoms with Gasteiger partial charge in [-0.15, -0.1) is 0 Å². The first-order chi connectivity index (χ1) is 22.9. The fourth-order valence-corrected chi connectivity index (χ4v) is 6.40. The topological polar surface area (TPSA) is 86.6 Å². The summed E-state index contributed by atoms with van der Waals surface area (Å²) in [7, 11) is 1.40. The predicted molar refractivity (Wildman–Crippen MR) is 192 cm³/mol. The van der Waals surface area contributed by atoms with Crippen molar-refractivity contribution < 1.29 is 9.53 Å². The van der Waals surface area contributed by atoms with Crippen LogP contribution >= 0.6 is 0 Å². The Labute approximate surface area is 271 Å². The van der Waals surface area contributed by atoms with E-state index in [0.717, 1.165) is 77.9 Å². The van der Waals surface area contributed by atoms with E-state index >= 15 is 0 Å². The molecule has 0 aliphatic carbocycles. The molecule has 0 saturated heterocycles. The molecule has 0 unspecified atom stereocenters. The second-order valence-corrected chi connectivity index (χ2v) is 12.0. The molecule has 7 aromatic rings. The molecule has 0 atom stereocenters. The number of nitrogens with zero attached hydrogens (tertiary/aromatic N) is 1. The number of aryl methyl sites for hydroxylation is 2. The molecule has 47 heavy (non-hydrogen) atoms. The quantitative estimate of drug-likeness (QED) is 0.173. The molecule has 5 heterocycles. The van der Waals surface area contributed by atoms with Gasteiger partial charge in [-0.2, -0.15) is 0 Å². The minimum Gasteiger partial charge on any atom is -0.465 e. The molecule has 3 N–H and O–H groups in total. The summed E-state index contributed by atoms with van der Waals surface area (Å²) < 4.78 is 4.97. The number of methoxy groups -OCH3 is 1. The Morgan fingerprint density at radius 1 is 0.489 bits per heavy atom. The second-order valence-electron chi connectivity index (χ2n) is 12.0. The Hall–Kier alpha value is -6.14. The lowest BCUT2D eigenvalue weighted by molar-refractivity contribution is 0.0600. The Balaban J connectivity index is 1.51. The normalized spacial score (nSPS) is 11.7. The molecule has 0 amide bonds. The van der Waals surface area contributed by atoms with E-state index in [-0.39, 0.29) is 5.97 Å². The summed E-state index contributed by atoms with van der Waals surface area (Å²) in [6.07, 6.45) is 4.17. The lowest BCUT2D eigenvalue weighted by Gasteiger charge is -2.06. The zero-order chi connectivity index (χ0) is 32.1. The molecular formula is C41H32N4O2. The number of H-pyrrole nitrogens is 3. The van der Waals surface area contributed by atoms with Crippen molar-refractivity contribution in [3.05, 3.63) is 137 Å². The number of benzene rings is 3. The van der Waals surface area contributed by atoms with Crippen molar-refractivity contribution in [3.63, 3.8) is 0 Å². The van der Waals surface area contributed by atoms with E-state index in [4.69, 9.17) is 9.72 Å². The lowest BCUT2D eigenvalue weighted by Crippen LogP contribution is -2.00. The van der Waals surface area contributed by atoms with Gasteiger partial charge in [-0.25, -0.2) is 9.78 Å². The zero-order valence-corrected chi connectivity index (χ0v) is 26.3. The summed E-state index contributed by atoms with van der Waals surface area (Å²) in [4.78, 5) is 28.6. The number of esters is 1. The van der Waals surface area contributed by atoms with E-state index in [1.807, 2.05) is 12.1 Å². The largest absolute Gasteiger partial charge is 0.465 e. The zero-order valence-electron chi connectivity index (χ0n) is 26.3. The Bertz CT molecular complexity index is 2460. The van der Waals surface area contributed by atoms with Crippen LogP contribution in [0.5, 0.6) is 0 Å². The summed E-state index contributed by atoms with van der Waals surface area (Å²) >= 11 is 0. The van der Waals surface area contributed by atoms with Crippen molar-refractivity contribution in [1.82, 2.24) is 19.9 Å². The van der Waals surface area contributed by atoms with E-state index in [0.29, 0.717) is 5.56 Å². The molecule has 6 nitrogen and oxygen atoms in total. The van der Waals surface area contributed by atoms with E-state index < -0.39 is 0 Å².